The van der Waals surface area contributed by atoms with Crippen LogP contribution in [0.3, 0.4) is 0 Å². The molecule has 6 nitrogen and oxygen atoms in total. The summed E-state index contributed by atoms with van der Waals surface area (Å²) >= 11 is 0. The zero-order valence-corrected chi connectivity index (χ0v) is 14.6. The van der Waals surface area contributed by atoms with Gasteiger partial charge in [-0.2, -0.15) is 0 Å². The number of likely N-dealkylation sites (tertiary alicyclic amines) is 1. The van der Waals surface area contributed by atoms with Crippen LogP contribution in [0.15, 0.2) is 24.3 Å². The molecule has 2 saturated heterocycles. The van der Waals surface area contributed by atoms with Crippen molar-refractivity contribution < 1.29 is 18.7 Å². The summed E-state index contributed by atoms with van der Waals surface area (Å²) in [7, 11) is 1.73. The SMILES string of the molecule is CC[C@@H](NC(=O)N1CCC2(CC1)CN(C)C(=O)O2)c1ccc(F)cc1. The van der Waals surface area contributed by atoms with Gasteiger partial charge < -0.3 is 19.9 Å². The lowest BCUT2D eigenvalue weighted by molar-refractivity contribution is 0.00941. The van der Waals surface area contributed by atoms with Crippen LogP contribution in [-0.2, 0) is 4.74 Å². The third-order valence-electron chi connectivity index (χ3n) is 5.08. The largest absolute Gasteiger partial charge is 0.441 e. The second kappa shape index (κ2) is 6.90. The van der Waals surface area contributed by atoms with E-state index in [0.29, 0.717) is 32.5 Å². The number of rotatable bonds is 3. The zero-order valence-electron chi connectivity index (χ0n) is 14.6. The molecule has 25 heavy (non-hydrogen) atoms. The second-order valence-corrected chi connectivity index (χ2v) is 6.86. The number of hydrogen-bond donors (Lipinski definition) is 1. The molecule has 3 rings (SSSR count). The molecule has 0 aliphatic carbocycles. The Bertz CT molecular complexity index is 641. The van der Waals surface area contributed by atoms with Gasteiger partial charge in [-0.1, -0.05) is 19.1 Å². The highest BCUT2D eigenvalue weighted by Gasteiger charge is 2.46. The van der Waals surface area contributed by atoms with E-state index in [1.54, 1.807) is 29.0 Å². The van der Waals surface area contributed by atoms with E-state index >= 15 is 0 Å². The predicted octanol–water partition coefficient (Wildman–Crippen LogP) is 2.90. The Labute approximate surface area is 146 Å². The van der Waals surface area contributed by atoms with Gasteiger partial charge in [-0.15, -0.1) is 0 Å². The van der Waals surface area contributed by atoms with E-state index in [2.05, 4.69) is 5.32 Å². The molecule has 2 aliphatic heterocycles. The normalized spacial score (nSPS) is 20.5. The summed E-state index contributed by atoms with van der Waals surface area (Å²) < 4.78 is 18.6. The van der Waals surface area contributed by atoms with Crippen molar-refractivity contribution in [3.63, 3.8) is 0 Å². The first-order valence-corrected chi connectivity index (χ1v) is 8.67. The Morgan fingerprint density at radius 2 is 1.96 bits per heavy atom. The van der Waals surface area contributed by atoms with Gasteiger partial charge in [-0.05, 0) is 24.1 Å². The van der Waals surface area contributed by atoms with Crippen LogP contribution in [0.4, 0.5) is 14.0 Å². The quantitative estimate of drug-likeness (QED) is 0.913. The summed E-state index contributed by atoms with van der Waals surface area (Å²) in [4.78, 5) is 27.5. The van der Waals surface area contributed by atoms with Crippen molar-refractivity contribution in [2.24, 2.45) is 0 Å². The van der Waals surface area contributed by atoms with E-state index in [4.69, 9.17) is 4.74 Å². The molecule has 1 aromatic carbocycles. The van der Waals surface area contributed by atoms with Crippen molar-refractivity contribution in [3.8, 4) is 0 Å². The molecule has 0 unspecified atom stereocenters. The van der Waals surface area contributed by atoms with Gasteiger partial charge >= 0.3 is 12.1 Å². The van der Waals surface area contributed by atoms with Crippen molar-refractivity contribution in [2.45, 2.75) is 37.8 Å². The number of likely N-dealkylation sites (N-methyl/N-ethyl adjacent to an activating group) is 1. The Kier molecular flexibility index (Phi) is 4.83. The third kappa shape index (κ3) is 3.70. The van der Waals surface area contributed by atoms with E-state index in [0.717, 1.165) is 12.0 Å². The molecule has 0 radical (unpaired) electrons. The fourth-order valence-electron chi connectivity index (χ4n) is 3.53. The smallest absolute Gasteiger partial charge is 0.410 e. The minimum atomic E-state index is -0.455. The zero-order chi connectivity index (χ0) is 18.0. The van der Waals surface area contributed by atoms with Gasteiger partial charge in [0, 0.05) is 33.0 Å². The molecule has 1 atom stereocenters. The van der Waals surface area contributed by atoms with E-state index in [9.17, 15) is 14.0 Å². The molecule has 0 bridgehead atoms. The summed E-state index contributed by atoms with van der Waals surface area (Å²) in [5, 5.41) is 3.02. The number of carbonyl (C=O) groups is 2. The molecule has 1 N–H and O–H groups in total. The number of urea groups is 1. The molecular weight excluding hydrogens is 325 g/mol. The third-order valence-corrected chi connectivity index (χ3v) is 5.08. The maximum atomic E-state index is 13.1. The maximum absolute atomic E-state index is 13.1. The average molecular weight is 349 g/mol. The number of nitrogens with zero attached hydrogens (tertiary/aromatic N) is 2. The number of nitrogens with one attached hydrogen (secondary N) is 1. The van der Waals surface area contributed by atoms with E-state index in [-0.39, 0.29) is 24.0 Å². The summed E-state index contributed by atoms with van der Waals surface area (Å²) in [6.07, 6.45) is 1.71. The molecule has 1 aromatic rings. The molecule has 0 aromatic heterocycles. The number of ether oxygens (including phenoxy) is 1. The highest BCUT2D eigenvalue weighted by atomic mass is 19.1. The molecular formula is C18H24FN3O3. The lowest BCUT2D eigenvalue weighted by Gasteiger charge is -2.37. The van der Waals surface area contributed by atoms with E-state index < -0.39 is 5.60 Å². The van der Waals surface area contributed by atoms with Gasteiger partial charge in [-0.3, -0.25) is 0 Å². The van der Waals surface area contributed by atoms with Crippen molar-refractivity contribution in [1.82, 2.24) is 15.1 Å². The van der Waals surface area contributed by atoms with Crippen LogP contribution in [0, 0.1) is 5.82 Å². The van der Waals surface area contributed by atoms with Crippen molar-refractivity contribution >= 4 is 12.1 Å². The van der Waals surface area contributed by atoms with Crippen LogP contribution < -0.4 is 5.32 Å². The van der Waals surface area contributed by atoms with Gasteiger partial charge in [0.2, 0.25) is 0 Å². The predicted molar refractivity (Wildman–Crippen MR) is 90.6 cm³/mol. The highest BCUT2D eigenvalue weighted by Crippen LogP contribution is 2.32. The first-order valence-electron chi connectivity index (χ1n) is 8.67. The molecule has 0 saturated carbocycles. The number of hydrogen-bond acceptors (Lipinski definition) is 3. The summed E-state index contributed by atoms with van der Waals surface area (Å²) in [6, 6.07) is 5.91. The van der Waals surface area contributed by atoms with Crippen LogP contribution in [0.2, 0.25) is 0 Å². The molecule has 7 heteroatoms. The van der Waals surface area contributed by atoms with Crippen molar-refractivity contribution in [2.75, 3.05) is 26.7 Å². The van der Waals surface area contributed by atoms with Crippen LogP contribution in [0.1, 0.15) is 37.8 Å². The molecule has 2 aliphatic rings. The Morgan fingerprint density at radius 3 is 2.48 bits per heavy atom. The number of piperidine rings is 1. The van der Waals surface area contributed by atoms with Crippen LogP contribution >= 0.6 is 0 Å². The van der Waals surface area contributed by atoms with Gasteiger partial charge in [-0.25, -0.2) is 14.0 Å². The lowest BCUT2D eigenvalue weighted by Crippen LogP contribution is -2.51. The fourth-order valence-corrected chi connectivity index (χ4v) is 3.53. The topological polar surface area (TPSA) is 61.9 Å². The minimum Gasteiger partial charge on any atom is -0.441 e. The van der Waals surface area contributed by atoms with Crippen LogP contribution in [0.25, 0.3) is 0 Å². The van der Waals surface area contributed by atoms with Crippen molar-refractivity contribution in [3.05, 3.63) is 35.6 Å². The minimum absolute atomic E-state index is 0.135. The number of amides is 3. The molecule has 136 valence electrons. The Hall–Kier alpha value is -2.31. The first-order chi connectivity index (χ1) is 11.9. The Morgan fingerprint density at radius 1 is 1.32 bits per heavy atom. The maximum Gasteiger partial charge on any atom is 0.410 e. The number of halogens is 1. The summed E-state index contributed by atoms with van der Waals surface area (Å²) in [5.41, 5.74) is 0.432. The number of carbonyl (C=O) groups excluding carboxylic acids is 2. The monoisotopic (exact) mass is 349 g/mol. The van der Waals surface area contributed by atoms with Gasteiger partial charge in [0.25, 0.3) is 0 Å². The fraction of sp³-hybridized carbons (Fsp3) is 0.556. The Balaban J connectivity index is 1.57. The summed E-state index contributed by atoms with van der Waals surface area (Å²) in [5.74, 6) is -0.290. The highest BCUT2D eigenvalue weighted by molar-refractivity contribution is 5.75. The van der Waals surface area contributed by atoms with Gasteiger partial charge in [0.15, 0.2) is 0 Å². The van der Waals surface area contributed by atoms with Crippen LogP contribution in [0.5, 0.6) is 0 Å². The van der Waals surface area contributed by atoms with Crippen molar-refractivity contribution in [1.29, 1.82) is 0 Å². The van der Waals surface area contributed by atoms with E-state index in [1.807, 2.05) is 6.92 Å². The first kappa shape index (κ1) is 17.5. The molecule has 2 fully saturated rings. The van der Waals surface area contributed by atoms with Gasteiger partial charge in [0.1, 0.15) is 11.4 Å². The second-order valence-electron chi connectivity index (χ2n) is 6.86. The molecule has 2 heterocycles. The van der Waals surface area contributed by atoms with Crippen LogP contribution in [-0.4, -0.2) is 54.2 Å². The molecule has 1 spiro atoms. The van der Waals surface area contributed by atoms with Gasteiger partial charge in [0.05, 0.1) is 12.6 Å². The van der Waals surface area contributed by atoms with E-state index in [1.165, 1.54) is 12.1 Å². The lowest BCUT2D eigenvalue weighted by atomic mass is 9.91. The summed E-state index contributed by atoms with van der Waals surface area (Å²) in [6.45, 7) is 3.65. The molecule has 3 amide bonds. The average Bonchev–Trinajstić information content (AvgIpc) is 2.87. The number of benzene rings is 1. The standard InChI is InChI=1S/C18H24FN3O3/c1-3-15(13-4-6-14(19)7-5-13)20-16(23)22-10-8-18(9-11-22)12-21(2)17(24)25-18/h4-7,15H,3,8-12H2,1-2H3,(H,20,23)/t15-/m1/s1.